The van der Waals surface area contributed by atoms with Crippen molar-refractivity contribution in [1.29, 1.82) is 0 Å². The van der Waals surface area contributed by atoms with Crippen LogP contribution in [0.2, 0.25) is 0 Å². The minimum atomic E-state index is -0.793. The number of rotatable bonds is 12. The van der Waals surface area contributed by atoms with Crippen LogP contribution in [0.4, 0.5) is 11.5 Å². The van der Waals surface area contributed by atoms with E-state index in [1.165, 1.54) is 0 Å². The van der Waals surface area contributed by atoms with Crippen molar-refractivity contribution in [2.45, 2.75) is 58.8 Å². The molecule has 1 saturated heterocycles. The molecule has 0 radical (unpaired) electrons. The monoisotopic (exact) mass is 600 g/mol. The van der Waals surface area contributed by atoms with Crippen molar-refractivity contribution in [3.8, 4) is 11.6 Å². The van der Waals surface area contributed by atoms with E-state index in [-0.39, 0.29) is 11.3 Å². The first-order chi connectivity index (χ1) is 21.1. The molecule has 1 unspecified atom stereocenters. The van der Waals surface area contributed by atoms with Gasteiger partial charge >= 0.3 is 5.97 Å². The zero-order valence-electron chi connectivity index (χ0n) is 26.2. The van der Waals surface area contributed by atoms with Gasteiger partial charge in [-0.3, -0.25) is 14.5 Å². The third-order valence-electron chi connectivity index (χ3n) is 8.39. The van der Waals surface area contributed by atoms with Crippen LogP contribution in [0.5, 0.6) is 11.6 Å². The maximum atomic E-state index is 14.1. The van der Waals surface area contributed by atoms with Crippen LogP contribution in [-0.4, -0.2) is 60.3 Å². The van der Waals surface area contributed by atoms with Crippen molar-refractivity contribution < 1.29 is 24.2 Å². The summed E-state index contributed by atoms with van der Waals surface area (Å²) in [4.78, 5) is 38.9. The number of aromatic nitrogens is 2. The van der Waals surface area contributed by atoms with Gasteiger partial charge in [0, 0.05) is 44.2 Å². The van der Waals surface area contributed by atoms with Crippen LogP contribution in [-0.2, 0) is 4.79 Å². The van der Waals surface area contributed by atoms with E-state index in [9.17, 15) is 14.7 Å². The van der Waals surface area contributed by atoms with Crippen molar-refractivity contribution in [3.63, 3.8) is 0 Å². The second kappa shape index (κ2) is 13.7. The first-order valence-electron chi connectivity index (χ1n) is 15.6. The molecule has 3 aromatic rings. The minimum Gasteiger partial charge on any atom is -0.497 e. The molecule has 9 heteroatoms. The number of carbonyl (C=O) groups is 2. The average molecular weight is 601 g/mol. The van der Waals surface area contributed by atoms with E-state index in [0.29, 0.717) is 54.4 Å². The SMILES string of the molecule is COc1ccc(C(=O)N(CC(C)(C)C)c2ccccn2)c(N2CCC(COc3cc(C(CC4CC4)C(=O)O)ccn3)CC2)c1. The molecule has 2 aliphatic rings. The van der Waals surface area contributed by atoms with Crippen molar-refractivity contribution in [1.82, 2.24) is 9.97 Å². The molecular weight excluding hydrogens is 556 g/mol. The van der Waals surface area contributed by atoms with Crippen LogP contribution in [0.1, 0.15) is 74.7 Å². The smallest absolute Gasteiger partial charge is 0.310 e. The number of pyridine rings is 2. The standard InChI is InChI=1S/C35H44N4O5/c1-35(2,3)23-39(31-7-5-6-15-36-31)33(40)28-11-10-27(43-4)21-30(28)38-17-13-25(14-18-38)22-44-32-20-26(12-16-37-32)29(34(41)42)19-24-8-9-24/h5-7,10-12,15-16,20-21,24-25,29H,8-9,13-14,17-19,22-23H2,1-4H3,(H,41,42). The quantitative estimate of drug-likeness (QED) is 0.253. The lowest BCUT2D eigenvalue weighted by Crippen LogP contribution is -2.40. The summed E-state index contributed by atoms with van der Waals surface area (Å²) in [5, 5.41) is 9.77. The number of carboxylic acid groups (broad SMARTS) is 1. The summed E-state index contributed by atoms with van der Waals surface area (Å²) in [5.74, 6) is 1.23. The van der Waals surface area contributed by atoms with Gasteiger partial charge in [0.25, 0.3) is 5.91 Å². The molecule has 5 rings (SSSR count). The zero-order chi connectivity index (χ0) is 31.3. The maximum Gasteiger partial charge on any atom is 0.310 e. The number of aliphatic carboxylic acids is 1. The van der Waals surface area contributed by atoms with Gasteiger partial charge in [-0.1, -0.05) is 39.7 Å². The summed E-state index contributed by atoms with van der Waals surface area (Å²) in [7, 11) is 1.64. The van der Waals surface area contributed by atoms with Gasteiger partial charge in [-0.2, -0.15) is 0 Å². The third kappa shape index (κ3) is 8.07. The predicted molar refractivity (Wildman–Crippen MR) is 171 cm³/mol. The van der Waals surface area contributed by atoms with E-state index in [2.05, 4.69) is 35.6 Å². The molecule has 3 heterocycles. The number of carboxylic acids is 1. The van der Waals surface area contributed by atoms with Crippen LogP contribution < -0.4 is 19.3 Å². The topological polar surface area (TPSA) is 105 Å². The first-order valence-corrected chi connectivity index (χ1v) is 15.6. The fraction of sp³-hybridized carbons (Fsp3) is 0.486. The van der Waals surface area contributed by atoms with Crippen LogP contribution in [0.3, 0.4) is 0 Å². The van der Waals surface area contributed by atoms with Crippen molar-refractivity contribution in [2.75, 3.05) is 43.2 Å². The molecule has 0 spiro atoms. The average Bonchev–Trinajstić information content (AvgIpc) is 3.85. The fourth-order valence-corrected chi connectivity index (χ4v) is 5.80. The van der Waals surface area contributed by atoms with E-state index < -0.39 is 11.9 Å². The molecule has 1 aliphatic carbocycles. The number of piperidine rings is 1. The molecule has 234 valence electrons. The Morgan fingerprint density at radius 2 is 1.77 bits per heavy atom. The van der Waals surface area contributed by atoms with Gasteiger partial charge in [0.05, 0.1) is 30.9 Å². The summed E-state index contributed by atoms with van der Waals surface area (Å²) in [6.07, 6.45) is 8.02. The lowest BCUT2D eigenvalue weighted by Gasteiger charge is -2.36. The number of benzene rings is 1. The molecule has 1 saturated carbocycles. The summed E-state index contributed by atoms with van der Waals surface area (Å²) in [6, 6.07) is 14.8. The number of nitrogens with zero attached hydrogens (tertiary/aromatic N) is 4. The van der Waals surface area contributed by atoms with Crippen LogP contribution in [0.25, 0.3) is 0 Å². The molecule has 9 nitrogen and oxygen atoms in total. The molecular formula is C35H44N4O5. The zero-order valence-corrected chi connectivity index (χ0v) is 26.2. The molecule has 0 bridgehead atoms. The predicted octanol–water partition coefficient (Wildman–Crippen LogP) is 6.44. The molecule has 1 amide bonds. The van der Waals surface area contributed by atoms with Gasteiger partial charge in [-0.05, 0) is 72.4 Å². The van der Waals surface area contributed by atoms with Gasteiger partial charge in [0.1, 0.15) is 11.6 Å². The Bertz CT molecular complexity index is 1430. The van der Waals surface area contributed by atoms with Crippen molar-refractivity contribution in [2.24, 2.45) is 17.3 Å². The van der Waals surface area contributed by atoms with Crippen LogP contribution in [0, 0.1) is 17.3 Å². The third-order valence-corrected chi connectivity index (χ3v) is 8.39. The van der Waals surface area contributed by atoms with E-state index in [1.807, 2.05) is 36.4 Å². The highest BCUT2D eigenvalue weighted by Crippen LogP contribution is 2.39. The largest absolute Gasteiger partial charge is 0.497 e. The van der Waals surface area contributed by atoms with E-state index >= 15 is 0 Å². The number of ether oxygens (including phenoxy) is 2. The van der Waals surface area contributed by atoms with Gasteiger partial charge in [0.2, 0.25) is 5.88 Å². The number of hydrogen-bond acceptors (Lipinski definition) is 7. The maximum absolute atomic E-state index is 14.1. The highest BCUT2D eigenvalue weighted by atomic mass is 16.5. The van der Waals surface area contributed by atoms with Gasteiger partial charge in [0.15, 0.2) is 0 Å². The Kier molecular flexibility index (Phi) is 9.71. The Balaban J connectivity index is 1.26. The van der Waals surface area contributed by atoms with E-state index in [0.717, 1.165) is 50.0 Å². The Morgan fingerprint density at radius 3 is 2.41 bits per heavy atom. The first kappa shape index (κ1) is 31.3. The molecule has 44 heavy (non-hydrogen) atoms. The van der Waals surface area contributed by atoms with Gasteiger partial charge in [-0.25, -0.2) is 9.97 Å². The Hall–Kier alpha value is -4.14. The van der Waals surface area contributed by atoms with Gasteiger partial charge in [-0.15, -0.1) is 0 Å². The highest BCUT2D eigenvalue weighted by molar-refractivity contribution is 6.09. The molecule has 1 atom stereocenters. The minimum absolute atomic E-state index is 0.0889. The Labute approximate surface area is 260 Å². The van der Waals surface area contributed by atoms with Gasteiger partial charge < -0.3 is 19.5 Å². The lowest BCUT2D eigenvalue weighted by molar-refractivity contribution is -0.139. The van der Waals surface area contributed by atoms with E-state index in [4.69, 9.17) is 9.47 Å². The Morgan fingerprint density at radius 1 is 1.00 bits per heavy atom. The summed E-state index contributed by atoms with van der Waals surface area (Å²) >= 11 is 0. The van der Waals surface area contributed by atoms with Crippen molar-refractivity contribution >= 4 is 23.4 Å². The number of hydrogen-bond donors (Lipinski definition) is 1. The number of amides is 1. The number of carbonyl (C=O) groups excluding carboxylic acids is 1. The van der Waals surface area contributed by atoms with Crippen LogP contribution in [0.15, 0.2) is 60.9 Å². The molecule has 1 N–H and O–H groups in total. The van der Waals surface area contributed by atoms with E-state index in [1.54, 1.807) is 36.5 Å². The summed E-state index contributed by atoms with van der Waals surface area (Å²) < 4.78 is 11.6. The second-order valence-electron chi connectivity index (χ2n) is 13.3. The second-order valence-corrected chi connectivity index (χ2v) is 13.3. The normalized spacial score (nSPS) is 16.3. The number of anilines is 2. The molecule has 1 aliphatic heterocycles. The fourth-order valence-electron chi connectivity index (χ4n) is 5.80. The lowest BCUT2D eigenvalue weighted by atomic mass is 9.94. The highest BCUT2D eigenvalue weighted by Gasteiger charge is 2.31. The molecule has 1 aromatic carbocycles. The summed E-state index contributed by atoms with van der Waals surface area (Å²) in [6.45, 7) is 8.90. The summed E-state index contributed by atoms with van der Waals surface area (Å²) in [5.41, 5.74) is 2.10. The van der Waals surface area contributed by atoms with Crippen molar-refractivity contribution in [3.05, 3.63) is 72.1 Å². The molecule has 2 fully saturated rings. The number of methoxy groups -OCH3 is 1. The molecule has 2 aromatic heterocycles. The van der Waals surface area contributed by atoms with Crippen LogP contribution >= 0.6 is 0 Å².